The molecule has 26 heavy (non-hydrogen) atoms. The molecule has 1 aliphatic rings. The van der Waals surface area contributed by atoms with Crippen molar-refractivity contribution in [3.8, 4) is 5.75 Å². The number of carbonyl (C=O) groups is 1. The van der Waals surface area contributed by atoms with Crippen LogP contribution in [0, 0.1) is 10.1 Å². The Hall–Kier alpha value is -1.86. The van der Waals surface area contributed by atoms with Gasteiger partial charge in [-0.15, -0.1) is 12.4 Å². The number of hydrogen-bond donors (Lipinski definition) is 2. The van der Waals surface area contributed by atoms with Crippen LogP contribution >= 0.6 is 12.4 Å². The molecule has 2 rings (SSSR count). The Bertz CT molecular complexity index is 590. The molecular weight excluding hydrogens is 358 g/mol. The normalized spacial score (nSPS) is 14.8. The first-order chi connectivity index (χ1) is 12.1. The number of hydrogen-bond acceptors (Lipinski definition) is 5. The summed E-state index contributed by atoms with van der Waals surface area (Å²) in [6.45, 7) is 3.29. The molecule has 0 bridgehead atoms. The van der Waals surface area contributed by atoms with Crippen LogP contribution in [0.2, 0.25) is 0 Å². The number of nitro groups is 1. The fourth-order valence-corrected chi connectivity index (χ4v) is 3.12. The van der Waals surface area contributed by atoms with Crippen molar-refractivity contribution in [2.45, 2.75) is 51.5 Å². The van der Waals surface area contributed by atoms with E-state index in [1.807, 2.05) is 0 Å². The molecule has 2 N–H and O–H groups in total. The second-order valence-electron chi connectivity index (χ2n) is 6.27. The van der Waals surface area contributed by atoms with Crippen LogP contribution in [-0.2, 0) is 0 Å². The molecule has 8 heteroatoms. The number of nitrogens with one attached hydrogen (secondary N) is 2. The Labute approximate surface area is 160 Å². The topological polar surface area (TPSA) is 93.5 Å². The molecule has 0 unspecified atom stereocenters. The summed E-state index contributed by atoms with van der Waals surface area (Å²) in [4.78, 5) is 22.8. The number of nitro benzene ring substituents is 1. The largest absolute Gasteiger partial charge is 0.487 e. The lowest BCUT2D eigenvalue weighted by Crippen LogP contribution is -2.36. The molecule has 1 fully saturated rings. The van der Waals surface area contributed by atoms with E-state index in [2.05, 4.69) is 10.6 Å². The van der Waals surface area contributed by atoms with Crippen molar-refractivity contribution < 1.29 is 14.5 Å². The number of carbonyl (C=O) groups excluding carboxylic acids is 1. The number of rotatable bonds is 8. The number of nitrogens with zero attached hydrogens (tertiary/aromatic N) is 1. The van der Waals surface area contributed by atoms with E-state index in [4.69, 9.17) is 4.74 Å². The van der Waals surface area contributed by atoms with Crippen molar-refractivity contribution in [3.63, 3.8) is 0 Å². The Morgan fingerprint density at radius 3 is 2.54 bits per heavy atom. The number of amides is 1. The summed E-state index contributed by atoms with van der Waals surface area (Å²) < 4.78 is 5.23. The van der Waals surface area contributed by atoms with Crippen molar-refractivity contribution in [2.24, 2.45) is 0 Å². The van der Waals surface area contributed by atoms with Gasteiger partial charge in [0, 0.05) is 30.8 Å². The minimum Gasteiger partial charge on any atom is -0.487 e. The smallest absolute Gasteiger partial charge is 0.311 e. The highest BCUT2D eigenvalue weighted by atomic mass is 35.5. The molecule has 0 heterocycles. The fraction of sp³-hybridized carbons (Fsp3) is 0.611. The SMILES string of the molecule is CCOc1ccc(C(=O)NCCNC2CCCCCC2)cc1[N+](=O)[O-].Cl. The number of halogens is 1. The molecule has 0 aliphatic heterocycles. The lowest BCUT2D eigenvalue weighted by Gasteiger charge is -2.16. The molecule has 1 aliphatic carbocycles. The van der Waals surface area contributed by atoms with Crippen molar-refractivity contribution in [2.75, 3.05) is 19.7 Å². The number of benzene rings is 1. The van der Waals surface area contributed by atoms with Crippen LogP contribution < -0.4 is 15.4 Å². The predicted octanol–water partition coefficient (Wildman–Crippen LogP) is 3.46. The Morgan fingerprint density at radius 2 is 1.92 bits per heavy atom. The van der Waals surface area contributed by atoms with Crippen LogP contribution in [0.3, 0.4) is 0 Å². The summed E-state index contributed by atoms with van der Waals surface area (Å²) in [5.74, 6) is -0.132. The Balaban J connectivity index is 0.00000338. The summed E-state index contributed by atoms with van der Waals surface area (Å²) in [6, 6.07) is 4.82. The van der Waals surface area contributed by atoms with Gasteiger partial charge in [-0.2, -0.15) is 0 Å². The zero-order valence-corrected chi connectivity index (χ0v) is 16.0. The van der Waals surface area contributed by atoms with Gasteiger partial charge in [-0.25, -0.2) is 0 Å². The van der Waals surface area contributed by atoms with E-state index in [1.54, 1.807) is 13.0 Å². The van der Waals surface area contributed by atoms with Gasteiger partial charge in [-0.3, -0.25) is 14.9 Å². The highest BCUT2D eigenvalue weighted by molar-refractivity contribution is 5.95. The molecule has 1 amide bonds. The molecule has 0 saturated heterocycles. The first kappa shape index (κ1) is 22.2. The minimum atomic E-state index is -0.532. The van der Waals surface area contributed by atoms with Gasteiger partial charge in [0.25, 0.3) is 5.91 Å². The van der Waals surface area contributed by atoms with E-state index in [-0.39, 0.29) is 35.3 Å². The van der Waals surface area contributed by atoms with Crippen LogP contribution in [0.4, 0.5) is 5.69 Å². The fourth-order valence-electron chi connectivity index (χ4n) is 3.12. The van der Waals surface area contributed by atoms with Crippen molar-refractivity contribution in [1.29, 1.82) is 0 Å². The van der Waals surface area contributed by atoms with E-state index >= 15 is 0 Å². The molecule has 1 saturated carbocycles. The highest BCUT2D eigenvalue weighted by Crippen LogP contribution is 2.27. The Morgan fingerprint density at radius 1 is 1.23 bits per heavy atom. The van der Waals surface area contributed by atoms with E-state index in [9.17, 15) is 14.9 Å². The van der Waals surface area contributed by atoms with E-state index in [0.717, 1.165) is 0 Å². The van der Waals surface area contributed by atoms with Gasteiger partial charge in [0.15, 0.2) is 5.75 Å². The zero-order chi connectivity index (χ0) is 18.1. The maximum Gasteiger partial charge on any atom is 0.311 e. The summed E-state index contributed by atoms with van der Waals surface area (Å²) in [6.07, 6.45) is 7.54. The first-order valence-electron chi connectivity index (χ1n) is 9.04. The van der Waals surface area contributed by atoms with Gasteiger partial charge < -0.3 is 15.4 Å². The van der Waals surface area contributed by atoms with Crippen molar-refractivity contribution in [1.82, 2.24) is 10.6 Å². The zero-order valence-electron chi connectivity index (χ0n) is 15.2. The maximum absolute atomic E-state index is 12.2. The van der Waals surface area contributed by atoms with E-state index in [0.29, 0.717) is 25.7 Å². The standard InChI is InChI=1S/C18H27N3O4.ClH/c1-2-25-17-10-9-14(13-16(17)21(23)24)18(22)20-12-11-19-15-7-5-3-4-6-8-15;/h9-10,13,15,19H,2-8,11-12H2,1H3,(H,20,22);1H. The average Bonchev–Trinajstić information content (AvgIpc) is 2.87. The highest BCUT2D eigenvalue weighted by Gasteiger charge is 2.18. The third-order valence-electron chi connectivity index (χ3n) is 4.42. The average molecular weight is 386 g/mol. The van der Waals surface area contributed by atoms with Gasteiger partial charge in [0.05, 0.1) is 11.5 Å². The van der Waals surface area contributed by atoms with Crippen LogP contribution in [-0.4, -0.2) is 36.6 Å². The van der Waals surface area contributed by atoms with Gasteiger partial charge in [0.2, 0.25) is 0 Å². The second kappa shape index (κ2) is 11.7. The van der Waals surface area contributed by atoms with Gasteiger partial charge in [-0.1, -0.05) is 25.7 Å². The number of ether oxygens (including phenoxy) is 1. The molecule has 0 spiro atoms. The molecule has 0 radical (unpaired) electrons. The minimum absolute atomic E-state index is 0. The summed E-state index contributed by atoms with van der Waals surface area (Å²) in [5.41, 5.74) is 0.0794. The van der Waals surface area contributed by atoms with Gasteiger partial charge in [0.1, 0.15) is 0 Å². The third kappa shape index (κ3) is 6.80. The molecule has 0 aromatic heterocycles. The molecule has 146 valence electrons. The molecule has 7 nitrogen and oxygen atoms in total. The monoisotopic (exact) mass is 385 g/mol. The lowest BCUT2D eigenvalue weighted by atomic mass is 10.1. The van der Waals surface area contributed by atoms with Crippen LogP contribution in [0.15, 0.2) is 18.2 Å². The second-order valence-corrected chi connectivity index (χ2v) is 6.27. The molecule has 1 aromatic rings. The molecule has 1 aromatic carbocycles. The van der Waals surface area contributed by atoms with Crippen LogP contribution in [0.1, 0.15) is 55.8 Å². The van der Waals surface area contributed by atoms with Gasteiger partial charge in [-0.05, 0) is 31.9 Å². The lowest BCUT2D eigenvalue weighted by molar-refractivity contribution is -0.385. The van der Waals surface area contributed by atoms with Crippen LogP contribution in [0.25, 0.3) is 0 Å². The van der Waals surface area contributed by atoms with E-state index in [1.165, 1.54) is 50.7 Å². The summed E-state index contributed by atoms with van der Waals surface area (Å²) in [7, 11) is 0. The molecular formula is C18H28ClN3O4. The van der Waals surface area contributed by atoms with E-state index < -0.39 is 4.92 Å². The predicted molar refractivity (Wildman–Crippen MR) is 103 cm³/mol. The quantitative estimate of drug-likeness (QED) is 0.309. The van der Waals surface area contributed by atoms with Crippen molar-refractivity contribution >= 4 is 24.0 Å². The van der Waals surface area contributed by atoms with Crippen molar-refractivity contribution in [3.05, 3.63) is 33.9 Å². The summed E-state index contributed by atoms with van der Waals surface area (Å²) in [5, 5.41) is 17.4. The third-order valence-corrected chi connectivity index (χ3v) is 4.42. The first-order valence-corrected chi connectivity index (χ1v) is 9.04. The molecule has 0 atom stereocenters. The van der Waals surface area contributed by atoms with Gasteiger partial charge >= 0.3 is 5.69 Å². The van der Waals surface area contributed by atoms with Crippen LogP contribution in [0.5, 0.6) is 5.75 Å². The Kier molecular flexibility index (Phi) is 9.98. The maximum atomic E-state index is 12.2. The summed E-state index contributed by atoms with van der Waals surface area (Å²) >= 11 is 0.